The molecule has 1 aromatic heterocycles. The summed E-state index contributed by atoms with van der Waals surface area (Å²) in [5.41, 5.74) is 0.612. The first-order chi connectivity index (χ1) is 7.20. The van der Waals surface area contributed by atoms with Crippen molar-refractivity contribution < 1.29 is 4.42 Å². The van der Waals surface area contributed by atoms with Crippen LogP contribution >= 0.6 is 0 Å². The molecule has 0 saturated heterocycles. The summed E-state index contributed by atoms with van der Waals surface area (Å²) in [6.45, 7) is 6.64. The van der Waals surface area contributed by atoms with Gasteiger partial charge in [0.2, 0.25) is 0 Å². The van der Waals surface area contributed by atoms with Gasteiger partial charge in [-0.1, -0.05) is 13.8 Å². The summed E-state index contributed by atoms with van der Waals surface area (Å²) in [5, 5.41) is 3.50. The third kappa shape index (κ3) is 3.10. The third-order valence-electron chi connectivity index (χ3n) is 3.18. The fourth-order valence-electron chi connectivity index (χ4n) is 2.36. The molecule has 0 aromatic carbocycles. The number of hydrogen-bond acceptors (Lipinski definition) is 2. The molecule has 2 nitrogen and oxygen atoms in total. The van der Waals surface area contributed by atoms with E-state index in [9.17, 15) is 0 Å². The Labute approximate surface area is 92.1 Å². The van der Waals surface area contributed by atoms with Crippen molar-refractivity contribution in [3.8, 4) is 0 Å². The molecule has 0 aliphatic heterocycles. The Morgan fingerprint density at radius 2 is 2.27 bits per heavy atom. The molecule has 0 unspecified atom stereocenters. The van der Waals surface area contributed by atoms with E-state index in [1.54, 1.807) is 6.26 Å². The summed E-state index contributed by atoms with van der Waals surface area (Å²) in [7, 11) is 0. The van der Waals surface area contributed by atoms with Crippen molar-refractivity contribution in [2.24, 2.45) is 11.3 Å². The zero-order valence-electron chi connectivity index (χ0n) is 9.75. The van der Waals surface area contributed by atoms with Crippen LogP contribution in [0.5, 0.6) is 0 Å². The fraction of sp³-hybridized carbons (Fsp3) is 0.692. The SMILES string of the molecule is CC(C)CC1(CNCc2ccco2)CC1. The summed E-state index contributed by atoms with van der Waals surface area (Å²) < 4.78 is 5.29. The maximum Gasteiger partial charge on any atom is 0.117 e. The molecule has 1 N–H and O–H groups in total. The van der Waals surface area contributed by atoms with Crippen LogP contribution in [0.25, 0.3) is 0 Å². The molecular formula is C13H21NO. The molecule has 0 atom stereocenters. The Morgan fingerprint density at radius 1 is 1.47 bits per heavy atom. The molecule has 1 heterocycles. The van der Waals surface area contributed by atoms with Crippen molar-refractivity contribution >= 4 is 0 Å². The second kappa shape index (κ2) is 4.40. The first-order valence-corrected chi connectivity index (χ1v) is 5.93. The van der Waals surface area contributed by atoms with Crippen LogP contribution in [0.4, 0.5) is 0 Å². The number of hydrogen-bond donors (Lipinski definition) is 1. The average molecular weight is 207 g/mol. The van der Waals surface area contributed by atoms with Crippen LogP contribution in [0.1, 0.15) is 38.9 Å². The fourth-order valence-corrected chi connectivity index (χ4v) is 2.36. The van der Waals surface area contributed by atoms with Crippen molar-refractivity contribution in [1.82, 2.24) is 5.32 Å². The highest BCUT2D eigenvalue weighted by Gasteiger charge is 2.42. The van der Waals surface area contributed by atoms with E-state index in [2.05, 4.69) is 19.2 Å². The molecule has 0 amide bonds. The molecule has 2 rings (SSSR count). The summed E-state index contributed by atoms with van der Waals surface area (Å²) in [4.78, 5) is 0. The Hall–Kier alpha value is -0.760. The minimum atomic E-state index is 0.612. The molecule has 1 saturated carbocycles. The van der Waals surface area contributed by atoms with Crippen molar-refractivity contribution in [1.29, 1.82) is 0 Å². The normalized spacial score (nSPS) is 18.3. The molecule has 0 radical (unpaired) electrons. The van der Waals surface area contributed by atoms with E-state index in [0.29, 0.717) is 5.41 Å². The molecule has 1 aromatic rings. The second-order valence-corrected chi connectivity index (χ2v) is 5.28. The van der Waals surface area contributed by atoms with Crippen LogP contribution in [0.3, 0.4) is 0 Å². The number of nitrogens with one attached hydrogen (secondary N) is 1. The molecular weight excluding hydrogens is 186 g/mol. The van der Waals surface area contributed by atoms with Crippen molar-refractivity contribution in [3.05, 3.63) is 24.2 Å². The lowest BCUT2D eigenvalue weighted by molar-refractivity contribution is 0.358. The van der Waals surface area contributed by atoms with Crippen LogP contribution in [-0.2, 0) is 6.54 Å². The van der Waals surface area contributed by atoms with Crippen LogP contribution in [-0.4, -0.2) is 6.54 Å². The van der Waals surface area contributed by atoms with E-state index < -0.39 is 0 Å². The molecule has 0 bridgehead atoms. The van der Waals surface area contributed by atoms with E-state index in [0.717, 1.165) is 24.8 Å². The highest BCUT2D eigenvalue weighted by atomic mass is 16.3. The summed E-state index contributed by atoms with van der Waals surface area (Å²) in [6, 6.07) is 3.97. The highest BCUT2D eigenvalue weighted by molar-refractivity contribution is 4.99. The van der Waals surface area contributed by atoms with Gasteiger partial charge in [-0.2, -0.15) is 0 Å². The van der Waals surface area contributed by atoms with Crippen LogP contribution in [0.2, 0.25) is 0 Å². The van der Waals surface area contributed by atoms with Crippen LogP contribution < -0.4 is 5.32 Å². The quantitative estimate of drug-likeness (QED) is 0.775. The Balaban J connectivity index is 1.70. The van der Waals surface area contributed by atoms with Gasteiger partial charge in [0.1, 0.15) is 5.76 Å². The minimum absolute atomic E-state index is 0.612. The largest absolute Gasteiger partial charge is 0.468 e. The van der Waals surface area contributed by atoms with Crippen molar-refractivity contribution in [3.63, 3.8) is 0 Å². The Morgan fingerprint density at radius 3 is 2.80 bits per heavy atom. The van der Waals surface area contributed by atoms with Gasteiger partial charge in [-0.3, -0.25) is 0 Å². The zero-order chi connectivity index (χ0) is 10.7. The van der Waals surface area contributed by atoms with E-state index in [1.807, 2.05) is 12.1 Å². The smallest absolute Gasteiger partial charge is 0.117 e. The molecule has 0 spiro atoms. The molecule has 2 heteroatoms. The van der Waals surface area contributed by atoms with Crippen LogP contribution in [0, 0.1) is 11.3 Å². The predicted molar refractivity (Wildman–Crippen MR) is 61.5 cm³/mol. The van der Waals surface area contributed by atoms with Gasteiger partial charge in [0.05, 0.1) is 12.8 Å². The van der Waals surface area contributed by atoms with Crippen molar-refractivity contribution in [2.75, 3.05) is 6.54 Å². The summed E-state index contributed by atoms with van der Waals surface area (Å²) >= 11 is 0. The van der Waals surface area contributed by atoms with E-state index >= 15 is 0 Å². The predicted octanol–water partition coefficient (Wildman–Crippen LogP) is 3.20. The first-order valence-electron chi connectivity index (χ1n) is 5.93. The number of furan rings is 1. The molecule has 15 heavy (non-hydrogen) atoms. The molecule has 1 fully saturated rings. The van der Waals surface area contributed by atoms with Crippen molar-refractivity contribution in [2.45, 2.75) is 39.7 Å². The average Bonchev–Trinajstić information content (AvgIpc) is 2.74. The maximum atomic E-state index is 5.29. The minimum Gasteiger partial charge on any atom is -0.468 e. The maximum absolute atomic E-state index is 5.29. The lowest BCUT2D eigenvalue weighted by Crippen LogP contribution is -2.24. The highest BCUT2D eigenvalue weighted by Crippen LogP contribution is 2.49. The Kier molecular flexibility index (Phi) is 3.15. The standard InChI is InChI=1S/C13H21NO/c1-11(2)8-13(5-6-13)10-14-9-12-4-3-7-15-12/h3-4,7,11,14H,5-6,8-10H2,1-2H3. The van der Waals surface area contributed by atoms with Gasteiger partial charge in [-0.15, -0.1) is 0 Å². The molecule has 84 valence electrons. The lowest BCUT2D eigenvalue weighted by Gasteiger charge is -2.17. The monoisotopic (exact) mass is 207 g/mol. The van der Waals surface area contributed by atoms with Gasteiger partial charge in [-0.05, 0) is 42.7 Å². The van der Waals surface area contributed by atoms with Gasteiger partial charge in [-0.25, -0.2) is 0 Å². The summed E-state index contributed by atoms with van der Waals surface area (Å²) in [5.74, 6) is 1.85. The zero-order valence-corrected chi connectivity index (χ0v) is 9.75. The second-order valence-electron chi connectivity index (χ2n) is 5.28. The lowest BCUT2D eigenvalue weighted by atomic mass is 9.94. The van der Waals surface area contributed by atoms with E-state index in [1.165, 1.54) is 19.3 Å². The number of rotatable bonds is 6. The Bertz CT molecular complexity index is 285. The van der Waals surface area contributed by atoms with Gasteiger partial charge in [0.15, 0.2) is 0 Å². The van der Waals surface area contributed by atoms with Gasteiger partial charge in [0, 0.05) is 6.54 Å². The topological polar surface area (TPSA) is 25.2 Å². The third-order valence-corrected chi connectivity index (χ3v) is 3.18. The molecule has 1 aliphatic rings. The van der Waals surface area contributed by atoms with Gasteiger partial charge < -0.3 is 9.73 Å². The molecule has 1 aliphatic carbocycles. The van der Waals surface area contributed by atoms with Gasteiger partial charge >= 0.3 is 0 Å². The van der Waals surface area contributed by atoms with E-state index in [-0.39, 0.29) is 0 Å². The van der Waals surface area contributed by atoms with Crippen LogP contribution in [0.15, 0.2) is 22.8 Å². The first kappa shape index (κ1) is 10.7. The summed E-state index contributed by atoms with van der Waals surface area (Å²) in [6.07, 6.45) is 5.89. The van der Waals surface area contributed by atoms with Gasteiger partial charge in [0.25, 0.3) is 0 Å². The van der Waals surface area contributed by atoms with E-state index in [4.69, 9.17) is 4.42 Å².